The summed E-state index contributed by atoms with van der Waals surface area (Å²) in [6.07, 6.45) is 0.300. The minimum Gasteiger partial charge on any atom is -0.352 e. The molecule has 0 unspecified atom stereocenters. The third kappa shape index (κ3) is 5.81. The molecule has 6 heteroatoms. The van der Waals surface area contributed by atoms with Crippen LogP contribution in [-0.2, 0) is 11.3 Å². The number of amides is 2. The number of halogens is 1. The van der Waals surface area contributed by atoms with Gasteiger partial charge >= 0.3 is 0 Å². The Morgan fingerprint density at radius 2 is 1.72 bits per heavy atom. The van der Waals surface area contributed by atoms with Crippen molar-refractivity contribution in [3.8, 4) is 0 Å². The summed E-state index contributed by atoms with van der Waals surface area (Å²) in [6, 6.07) is 17.1. The third-order valence-corrected chi connectivity index (χ3v) is 5.63. The van der Waals surface area contributed by atoms with Crippen LogP contribution in [0.3, 0.4) is 0 Å². The summed E-state index contributed by atoms with van der Waals surface area (Å²) in [5.74, 6) is -0.115. The zero-order valence-corrected chi connectivity index (χ0v) is 17.8. The van der Waals surface area contributed by atoms with Crippen molar-refractivity contribution in [2.45, 2.75) is 32.4 Å². The lowest BCUT2D eigenvalue weighted by atomic mass is 9.97. The number of nitrogens with zero attached hydrogens (tertiary/aromatic N) is 2. The summed E-state index contributed by atoms with van der Waals surface area (Å²) >= 11 is 5.84. The van der Waals surface area contributed by atoms with E-state index >= 15 is 0 Å². The smallest absolute Gasteiger partial charge is 0.251 e. The van der Waals surface area contributed by atoms with Crippen molar-refractivity contribution in [2.75, 3.05) is 26.2 Å². The molecule has 29 heavy (non-hydrogen) atoms. The van der Waals surface area contributed by atoms with E-state index in [1.165, 1.54) is 5.56 Å². The average molecular weight is 414 g/mol. The normalized spacial score (nSPS) is 16.4. The van der Waals surface area contributed by atoms with Crippen molar-refractivity contribution in [3.05, 3.63) is 70.7 Å². The molecule has 2 aromatic rings. The highest BCUT2D eigenvalue weighted by molar-refractivity contribution is 6.30. The Balaban J connectivity index is 1.47. The second-order valence-corrected chi connectivity index (χ2v) is 8.48. The van der Waals surface area contributed by atoms with E-state index in [1.54, 1.807) is 24.3 Å². The lowest BCUT2D eigenvalue weighted by Crippen LogP contribution is -2.60. The predicted octanol–water partition coefficient (Wildman–Crippen LogP) is 3.58. The molecule has 5 nitrogen and oxygen atoms in total. The molecule has 0 atom stereocenters. The van der Waals surface area contributed by atoms with Crippen LogP contribution < -0.4 is 5.32 Å². The molecule has 0 aliphatic carbocycles. The maximum Gasteiger partial charge on any atom is 0.251 e. The second-order valence-electron chi connectivity index (χ2n) is 8.05. The van der Waals surface area contributed by atoms with Gasteiger partial charge in [0.1, 0.15) is 0 Å². The quantitative estimate of drug-likeness (QED) is 0.787. The molecule has 0 spiro atoms. The summed E-state index contributed by atoms with van der Waals surface area (Å²) in [4.78, 5) is 29.1. The van der Waals surface area contributed by atoms with Crippen LogP contribution in [0.1, 0.15) is 36.2 Å². The van der Waals surface area contributed by atoms with Crippen LogP contribution in [0.25, 0.3) is 0 Å². The number of carbonyl (C=O) groups excluding carboxylic acids is 2. The molecule has 2 amide bonds. The zero-order valence-electron chi connectivity index (χ0n) is 17.0. The van der Waals surface area contributed by atoms with Crippen molar-refractivity contribution in [3.63, 3.8) is 0 Å². The van der Waals surface area contributed by atoms with E-state index in [0.29, 0.717) is 36.6 Å². The van der Waals surface area contributed by atoms with Crippen molar-refractivity contribution >= 4 is 23.4 Å². The van der Waals surface area contributed by atoms with Crippen LogP contribution in [0.5, 0.6) is 0 Å². The molecule has 0 aromatic heterocycles. The van der Waals surface area contributed by atoms with Crippen LogP contribution in [0.4, 0.5) is 0 Å². The first kappa shape index (κ1) is 21.3. The molecule has 1 aliphatic rings. The van der Waals surface area contributed by atoms with Gasteiger partial charge in [-0.3, -0.25) is 14.5 Å². The minimum absolute atomic E-state index is 0.0776. The van der Waals surface area contributed by atoms with Gasteiger partial charge in [0, 0.05) is 55.3 Å². The van der Waals surface area contributed by atoms with Crippen molar-refractivity contribution in [2.24, 2.45) is 0 Å². The SMILES string of the molecule is CC1(C)CN(C(=O)CCNC(=O)c2ccc(Cl)cc2)CCN1Cc1ccccc1. The number of benzene rings is 2. The first-order valence-electron chi connectivity index (χ1n) is 9.96. The fraction of sp³-hybridized carbons (Fsp3) is 0.391. The van der Waals surface area contributed by atoms with Gasteiger partial charge in [0.2, 0.25) is 5.91 Å². The lowest BCUT2D eigenvalue weighted by Gasteiger charge is -2.47. The maximum atomic E-state index is 12.7. The van der Waals surface area contributed by atoms with Gasteiger partial charge < -0.3 is 10.2 Å². The van der Waals surface area contributed by atoms with Crippen molar-refractivity contribution < 1.29 is 9.59 Å². The number of piperazine rings is 1. The summed E-state index contributed by atoms with van der Waals surface area (Å²) < 4.78 is 0. The van der Waals surface area contributed by atoms with Gasteiger partial charge in [0.15, 0.2) is 0 Å². The molecule has 3 rings (SSSR count). The number of hydrogen-bond acceptors (Lipinski definition) is 3. The Labute approximate surface area is 177 Å². The molecule has 0 radical (unpaired) electrons. The van der Waals surface area contributed by atoms with Gasteiger partial charge in [0.05, 0.1) is 0 Å². The molecular weight excluding hydrogens is 386 g/mol. The fourth-order valence-corrected chi connectivity index (χ4v) is 3.77. The first-order valence-corrected chi connectivity index (χ1v) is 10.3. The highest BCUT2D eigenvalue weighted by atomic mass is 35.5. The second kappa shape index (κ2) is 9.42. The van der Waals surface area contributed by atoms with E-state index in [0.717, 1.165) is 13.1 Å². The third-order valence-electron chi connectivity index (χ3n) is 5.37. The van der Waals surface area contributed by atoms with Crippen LogP contribution >= 0.6 is 11.6 Å². The van der Waals surface area contributed by atoms with E-state index in [2.05, 4.69) is 48.3 Å². The number of hydrogen-bond donors (Lipinski definition) is 1. The van der Waals surface area contributed by atoms with E-state index in [4.69, 9.17) is 11.6 Å². The van der Waals surface area contributed by atoms with E-state index in [-0.39, 0.29) is 17.4 Å². The number of nitrogens with one attached hydrogen (secondary N) is 1. The number of carbonyl (C=O) groups is 2. The highest BCUT2D eigenvalue weighted by Crippen LogP contribution is 2.23. The van der Waals surface area contributed by atoms with E-state index < -0.39 is 0 Å². The monoisotopic (exact) mass is 413 g/mol. The van der Waals surface area contributed by atoms with Crippen molar-refractivity contribution in [1.29, 1.82) is 0 Å². The van der Waals surface area contributed by atoms with Gasteiger partial charge in [-0.2, -0.15) is 0 Å². The topological polar surface area (TPSA) is 52.7 Å². The summed E-state index contributed by atoms with van der Waals surface area (Å²) in [5, 5.41) is 3.40. The van der Waals surface area contributed by atoms with E-state index in [1.807, 2.05) is 11.0 Å². The van der Waals surface area contributed by atoms with Gasteiger partial charge in [-0.15, -0.1) is 0 Å². The van der Waals surface area contributed by atoms with Gasteiger partial charge in [-0.1, -0.05) is 41.9 Å². The lowest BCUT2D eigenvalue weighted by molar-refractivity contribution is -0.136. The Hall–Kier alpha value is -2.37. The molecule has 1 N–H and O–H groups in total. The molecule has 1 saturated heterocycles. The van der Waals surface area contributed by atoms with Crippen LogP contribution in [0, 0.1) is 0 Å². The largest absolute Gasteiger partial charge is 0.352 e. The average Bonchev–Trinajstić information content (AvgIpc) is 2.70. The Morgan fingerprint density at radius 1 is 1.03 bits per heavy atom. The zero-order chi connectivity index (χ0) is 20.9. The summed E-state index contributed by atoms with van der Waals surface area (Å²) in [5.41, 5.74) is 1.72. The summed E-state index contributed by atoms with van der Waals surface area (Å²) in [6.45, 7) is 7.79. The molecular formula is C23H28ClN3O2. The molecule has 1 fully saturated rings. The van der Waals surface area contributed by atoms with Crippen LogP contribution in [0.15, 0.2) is 54.6 Å². The standard InChI is InChI=1S/C23H28ClN3O2/c1-23(2)17-26(14-15-27(23)16-18-6-4-3-5-7-18)21(28)12-13-25-22(29)19-8-10-20(24)11-9-19/h3-11H,12-17H2,1-2H3,(H,25,29). The molecule has 0 bridgehead atoms. The fourth-order valence-electron chi connectivity index (χ4n) is 3.64. The number of rotatable bonds is 6. The van der Waals surface area contributed by atoms with Crippen molar-refractivity contribution in [1.82, 2.24) is 15.1 Å². The van der Waals surface area contributed by atoms with Gasteiger partial charge in [-0.25, -0.2) is 0 Å². The Bertz CT molecular complexity index is 837. The molecule has 1 heterocycles. The highest BCUT2D eigenvalue weighted by Gasteiger charge is 2.35. The summed E-state index contributed by atoms with van der Waals surface area (Å²) in [7, 11) is 0. The molecule has 1 aliphatic heterocycles. The molecule has 0 saturated carbocycles. The predicted molar refractivity (Wildman–Crippen MR) is 116 cm³/mol. The Kier molecular flexibility index (Phi) is 6.93. The first-order chi connectivity index (χ1) is 13.8. The van der Waals surface area contributed by atoms with Crippen LogP contribution in [0.2, 0.25) is 5.02 Å². The minimum atomic E-state index is -0.192. The Morgan fingerprint density at radius 3 is 2.38 bits per heavy atom. The van der Waals surface area contributed by atoms with Gasteiger partial charge in [0.25, 0.3) is 5.91 Å². The molecule has 2 aromatic carbocycles. The van der Waals surface area contributed by atoms with E-state index in [9.17, 15) is 9.59 Å². The molecule has 154 valence electrons. The van der Waals surface area contributed by atoms with Gasteiger partial charge in [-0.05, 0) is 43.7 Å². The maximum absolute atomic E-state index is 12.7. The van der Waals surface area contributed by atoms with Crippen LogP contribution in [-0.4, -0.2) is 53.3 Å².